The Labute approximate surface area is 134 Å². The molecule has 1 saturated heterocycles. The molecule has 0 aromatic heterocycles. The van der Waals surface area contributed by atoms with Crippen LogP contribution in [0.15, 0.2) is 12.2 Å². The van der Waals surface area contributed by atoms with Gasteiger partial charge in [-0.05, 0) is 38.5 Å². The highest BCUT2D eigenvalue weighted by molar-refractivity contribution is 5.75. The normalized spacial score (nSPS) is 22.1. The minimum absolute atomic E-state index is 0.0692. The Kier molecular flexibility index (Phi) is 10.2. The number of unbranched alkanes of at least 4 members (excludes halogenated alkanes) is 5. The molecule has 0 spiro atoms. The molecule has 0 aromatic carbocycles. The molecule has 0 bridgehead atoms. The highest BCUT2D eigenvalue weighted by Crippen LogP contribution is 2.27. The molecule has 2 N–H and O–H groups in total. The summed E-state index contributed by atoms with van der Waals surface area (Å²) in [5.41, 5.74) is 0. The number of rotatable bonds is 14. The number of ether oxygens (including phenoxy) is 1. The van der Waals surface area contributed by atoms with Gasteiger partial charge >= 0.3 is 5.97 Å². The van der Waals surface area contributed by atoms with Crippen LogP contribution in [0.4, 0.5) is 0 Å². The minimum Gasteiger partial charge on any atom is -0.479 e. The first kappa shape index (κ1) is 19.2. The topological polar surface area (TPSA) is 70.1 Å². The van der Waals surface area contributed by atoms with E-state index in [1.54, 1.807) is 0 Å². The predicted molar refractivity (Wildman–Crippen MR) is 87.9 cm³/mol. The first-order valence-electron chi connectivity index (χ1n) is 8.86. The summed E-state index contributed by atoms with van der Waals surface area (Å²) in [6, 6.07) is 0. The molecule has 1 unspecified atom stereocenters. The van der Waals surface area contributed by atoms with E-state index in [0.29, 0.717) is 0 Å². The zero-order valence-corrected chi connectivity index (χ0v) is 13.9. The van der Waals surface area contributed by atoms with Gasteiger partial charge in [-0.2, -0.15) is 0 Å². The third-order valence-electron chi connectivity index (χ3n) is 4.16. The van der Waals surface area contributed by atoms with Gasteiger partial charge in [-0.25, -0.2) is 4.79 Å². The first-order valence-corrected chi connectivity index (χ1v) is 8.86. The van der Waals surface area contributed by atoms with E-state index < -0.39 is 12.1 Å². The van der Waals surface area contributed by atoms with Gasteiger partial charge in [0.15, 0.2) is 6.10 Å². The van der Waals surface area contributed by atoms with Crippen molar-refractivity contribution in [1.82, 2.24) is 0 Å². The molecule has 1 aliphatic heterocycles. The van der Waals surface area contributed by atoms with E-state index in [4.69, 9.17) is 9.84 Å². The average molecular weight is 312 g/mol. The Balaban J connectivity index is 1.85. The average Bonchev–Trinajstić information content (AvgIpc) is 3.26. The van der Waals surface area contributed by atoms with Crippen molar-refractivity contribution in [2.45, 2.75) is 95.9 Å². The van der Waals surface area contributed by atoms with Crippen LogP contribution in [-0.2, 0) is 9.53 Å². The Morgan fingerprint density at radius 2 is 1.86 bits per heavy atom. The SMILES string of the molecule is CCCCC/C=C\CC[C@@H](O)CCCCCC1O[C@H]1C(=O)O. The Hall–Kier alpha value is -0.870. The van der Waals surface area contributed by atoms with E-state index in [9.17, 15) is 9.90 Å². The van der Waals surface area contributed by atoms with E-state index in [1.807, 2.05) is 0 Å². The van der Waals surface area contributed by atoms with Crippen LogP contribution < -0.4 is 0 Å². The number of aliphatic hydroxyl groups excluding tert-OH is 1. The Bertz CT molecular complexity index is 327. The molecule has 1 aliphatic rings. The quantitative estimate of drug-likeness (QED) is 0.288. The maximum absolute atomic E-state index is 10.6. The lowest BCUT2D eigenvalue weighted by Crippen LogP contribution is -2.08. The lowest BCUT2D eigenvalue weighted by Gasteiger charge is -2.08. The van der Waals surface area contributed by atoms with Crippen LogP contribution in [0.3, 0.4) is 0 Å². The fraction of sp³-hybridized carbons (Fsp3) is 0.833. The van der Waals surface area contributed by atoms with Crippen molar-refractivity contribution < 1.29 is 19.7 Å². The maximum atomic E-state index is 10.6. The van der Waals surface area contributed by atoms with Crippen molar-refractivity contribution in [3.05, 3.63) is 12.2 Å². The summed E-state index contributed by atoms with van der Waals surface area (Å²) in [6.45, 7) is 2.21. The van der Waals surface area contributed by atoms with Crippen molar-refractivity contribution in [3.8, 4) is 0 Å². The summed E-state index contributed by atoms with van der Waals surface area (Å²) in [5, 5.41) is 18.6. The summed E-state index contributed by atoms with van der Waals surface area (Å²) < 4.78 is 5.05. The molecule has 0 aromatic rings. The van der Waals surface area contributed by atoms with Gasteiger partial charge in [0.1, 0.15) is 0 Å². The molecule has 4 nitrogen and oxygen atoms in total. The molecule has 22 heavy (non-hydrogen) atoms. The van der Waals surface area contributed by atoms with Crippen molar-refractivity contribution >= 4 is 5.97 Å². The predicted octanol–water partition coefficient (Wildman–Crippen LogP) is 4.07. The molecule has 128 valence electrons. The number of hydrogen-bond donors (Lipinski definition) is 2. The number of carbonyl (C=O) groups is 1. The van der Waals surface area contributed by atoms with Gasteiger partial charge in [0.05, 0.1) is 12.2 Å². The highest BCUT2D eigenvalue weighted by Gasteiger charge is 2.44. The largest absolute Gasteiger partial charge is 0.479 e. The van der Waals surface area contributed by atoms with Crippen LogP contribution in [0.1, 0.15) is 77.6 Å². The standard InChI is InChI=1S/C18H32O4/c1-2-3-4-5-6-7-9-12-15(19)13-10-8-11-14-16-17(22-16)18(20)21/h6-7,15-17,19H,2-5,8-14H2,1H3,(H,20,21)/b7-6-/t15-,16?,17-/m1/s1. The van der Waals surface area contributed by atoms with E-state index in [-0.39, 0.29) is 12.2 Å². The minimum atomic E-state index is -0.844. The van der Waals surface area contributed by atoms with Crippen LogP contribution in [0.2, 0.25) is 0 Å². The lowest BCUT2D eigenvalue weighted by atomic mass is 10.0. The Morgan fingerprint density at radius 3 is 2.55 bits per heavy atom. The second-order valence-electron chi connectivity index (χ2n) is 6.27. The maximum Gasteiger partial charge on any atom is 0.335 e. The third kappa shape index (κ3) is 9.21. The first-order chi connectivity index (χ1) is 10.6. The summed E-state index contributed by atoms with van der Waals surface area (Å²) in [7, 11) is 0. The van der Waals surface area contributed by atoms with Gasteiger partial charge in [-0.15, -0.1) is 0 Å². The van der Waals surface area contributed by atoms with Gasteiger partial charge in [0.2, 0.25) is 0 Å². The number of allylic oxidation sites excluding steroid dienone is 2. The molecule has 0 amide bonds. The second-order valence-corrected chi connectivity index (χ2v) is 6.27. The number of carboxylic acid groups (broad SMARTS) is 1. The third-order valence-corrected chi connectivity index (χ3v) is 4.16. The van der Waals surface area contributed by atoms with Gasteiger partial charge in [-0.3, -0.25) is 0 Å². The summed E-state index contributed by atoms with van der Waals surface area (Å²) >= 11 is 0. The molecule has 3 atom stereocenters. The smallest absolute Gasteiger partial charge is 0.335 e. The number of hydrogen-bond acceptors (Lipinski definition) is 3. The Morgan fingerprint density at radius 1 is 1.09 bits per heavy atom. The summed E-state index contributed by atoms with van der Waals surface area (Å²) in [5.74, 6) is -0.844. The van der Waals surface area contributed by atoms with Crippen LogP contribution >= 0.6 is 0 Å². The van der Waals surface area contributed by atoms with E-state index in [1.165, 1.54) is 19.3 Å². The lowest BCUT2D eigenvalue weighted by molar-refractivity contribution is -0.138. The molecule has 1 heterocycles. The van der Waals surface area contributed by atoms with E-state index >= 15 is 0 Å². The van der Waals surface area contributed by atoms with Gasteiger partial charge < -0.3 is 14.9 Å². The van der Waals surface area contributed by atoms with Crippen LogP contribution in [0.25, 0.3) is 0 Å². The number of carboxylic acids is 1. The van der Waals surface area contributed by atoms with Crippen molar-refractivity contribution in [3.63, 3.8) is 0 Å². The zero-order chi connectivity index (χ0) is 16.2. The fourth-order valence-electron chi connectivity index (χ4n) is 2.66. The van der Waals surface area contributed by atoms with Crippen molar-refractivity contribution in [2.75, 3.05) is 0 Å². The van der Waals surface area contributed by atoms with Crippen molar-refractivity contribution in [2.24, 2.45) is 0 Å². The van der Waals surface area contributed by atoms with Gasteiger partial charge in [0.25, 0.3) is 0 Å². The van der Waals surface area contributed by atoms with Crippen LogP contribution in [-0.4, -0.2) is 34.5 Å². The second kappa shape index (κ2) is 11.7. The summed E-state index contributed by atoms with van der Waals surface area (Å²) in [6.07, 6.45) is 15.1. The van der Waals surface area contributed by atoms with Crippen molar-refractivity contribution in [1.29, 1.82) is 0 Å². The molecule has 1 rings (SSSR count). The zero-order valence-electron chi connectivity index (χ0n) is 13.9. The van der Waals surface area contributed by atoms with Gasteiger partial charge in [0, 0.05) is 0 Å². The molecule has 0 saturated carbocycles. The number of aliphatic hydroxyl groups is 1. The van der Waals surface area contributed by atoms with E-state index in [0.717, 1.165) is 51.4 Å². The van der Waals surface area contributed by atoms with E-state index in [2.05, 4.69) is 19.1 Å². The number of aliphatic carboxylic acids is 1. The molecule has 0 aliphatic carbocycles. The molecule has 1 fully saturated rings. The van der Waals surface area contributed by atoms with Crippen LogP contribution in [0.5, 0.6) is 0 Å². The molecule has 4 heteroatoms. The highest BCUT2D eigenvalue weighted by atomic mass is 16.6. The molecule has 0 radical (unpaired) electrons. The monoisotopic (exact) mass is 312 g/mol. The van der Waals surface area contributed by atoms with Crippen LogP contribution in [0, 0.1) is 0 Å². The number of epoxide rings is 1. The molecular formula is C18H32O4. The van der Waals surface area contributed by atoms with Gasteiger partial charge in [-0.1, -0.05) is 51.2 Å². The fourth-order valence-corrected chi connectivity index (χ4v) is 2.66. The molecular weight excluding hydrogens is 280 g/mol. The summed E-state index contributed by atoms with van der Waals surface area (Å²) in [4.78, 5) is 10.6.